The van der Waals surface area contributed by atoms with Gasteiger partial charge in [0.15, 0.2) is 0 Å². The molecule has 1 aliphatic rings. The zero-order valence-corrected chi connectivity index (χ0v) is 17.4. The van der Waals surface area contributed by atoms with Crippen LogP contribution in [0.4, 0.5) is 0 Å². The van der Waals surface area contributed by atoms with Gasteiger partial charge in [0.2, 0.25) is 5.91 Å². The fourth-order valence-corrected chi connectivity index (χ4v) is 3.80. The lowest BCUT2D eigenvalue weighted by Gasteiger charge is -2.34. The molecule has 1 aliphatic heterocycles. The average molecular weight is 405 g/mol. The number of piperazine rings is 1. The quantitative estimate of drug-likeness (QED) is 0.591. The van der Waals surface area contributed by atoms with Crippen molar-refractivity contribution in [2.24, 2.45) is 0 Å². The Hall–Kier alpha value is -3.05. The number of benzene rings is 2. The number of ether oxygens (including phenoxy) is 1. The lowest BCUT2D eigenvalue weighted by molar-refractivity contribution is -0.133. The predicted octanol–water partition coefficient (Wildman–Crippen LogP) is 4.23. The maximum atomic E-state index is 12.6. The van der Waals surface area contributed by atoms with E-state index >= 15 is 0 Å². The average Bonchev–Trinajstić information content (AvgIpc) is 3.28. The molecule has 0 aliphatic carbocycles. The Balaban J connectivity index is 1.22. The minimum Gasteiger partial charge on any atom is -0.497 e. The van der Waals surface area contributed by atoms with E-state index in [1.165, 1.54) is 5.56 Å². The largest absolute Gasteiger partial charge is 0.497 e. The first-order valence-electron chi connectivity index (χ1n) is 10.5. The number of methoxy groups -OCH3 is 1. The van der Waals surface area contributed by atoms with E-state index in [0.717, 1.165) is 55.6 Å². The molecule has 1 fully saturated rings. The Morgan fingerprint density at radius 1 is 0.933 bits per heavy atom. The van der Waals surface area contributed by atoms with Crippen molar-refractivity contribution < 1.29 is 13.9 Å². The van der Waals surface area contributed by atoms with Gasteiger partial charge in [-0.1, -0.05) is 42.5 Å². The van der Waals surface area contributed by atoms with E-state index < -0.39 is 0 Å². The topological polar surface area (TPSA) is 45.9 Å². The molecule has 0 saturated carbocycles. The molecule has 0 bridgehead atoms. The van der Waals surface area contributed by atoms with Gasteiger partial charge < -0.3 is 14.1 Å². The van der Waals surface area contributed by atoms with Gasteiger partial charge in [-0.25, -0.2) is 0 Å². The molecule has 5 heteroatoms. The van der Waals surface area contributed by atoms with Gasteiger partial charge in [0, 0.05) is 51.1 Å². The number of furan rings is 1. The molecule has 2 heterocycles. The number of amides is 1. The van der Waals surface area contributed by atoms with Crippen molar-refractivity contribution in [3.63, 3.8) is 0 Å². The molecule has 0 N–H and O–H groups in total. The van der Waals surface area contributed by atoms with E-state index in [2.05, 4.69) is 17.0 Å². The smallest absolute Gasteiger partial charge is 0.223 e. The molecule has 0 unspecified atom stereocenters. The van der Waals surface area contributed by atoms with Crippen molar-refractivity contribution in [1.29, 1.82) is 0 Å². The number of aryl methyl sites for hydroxylation is 1. The summed E-state index contributed by atoms with van der Waals surface area (Å²) in [6, 6.07) is 22.2. The summed E-state index contributed by atoms with van der Waals surface area (Å²) < 4.78 is 11.1. The molecule has 3 aromatic rings. The van der Waals surface area contributed by atoms with E-state index in [1.807, 2.05) is 59.5 Å². The number of rotatable bonds is 7. The molecular weight excluding hydrogens is 376 g/mol. The van der Waals surface area contributed by atoms with Crippen LogP contribution in [-0.2, 0) is 17.8 Å². The SMILES string of the molecule is COc1ccc(CN2CCN(C(=O)CCc3ccc(-c4ccccc4)o3)CC2)cc1. The van der Waals surface area contributed by atoms with E-state index in [4.69, 9.17) is 9.15 Å². The van der Waals surface area contributed by atoms with Gasteiger partial charge in [0.05, 0.1) is 7.11 Å². The number of carbonyl (C=O) groups is 1. The third-order valence-corrected chi connectivity index (χ3v) is 5.60. The fourth-order valence-electron chi connectivity index (χ4n) is 3.80. The lowest BCUT2D eigenvalue weighted by Crippen LogP contribution is -2.48. The summed E-state index contributed by atoms with van der Waals surface area (Å²) in [6.45, 7) is 4.26. The van der Waals surface area contributed by atoms with Crippen molar-refractivity contribution >= 4 is 5.91 Å². The van der Waals surface area contributed by atoms with Crippen molar-refractivity contribution in [3.8, 4) is 17.1 Å². The minimum atomic E-state index is 0.205. The fraction of sp³-hybridized carbons (Fsp3) is 0.320. The van der Waals surface area contributed by atoms with Crippen LogP contribution in [-0.4, -0.2) is 49.0 Å². The summed E-state index contributed by atoms with van der Waals surface area (Å²) in [5.74, 6) is 2.80. The van der Waals surface area contributed by atoms with Crippen LogP contribution >= 0.6 is 0 Å². The summed E-state index contributed by atoms with van der Waals surface area (Å²) >= 11 is 0. The Morgan fingerprint density at radius 3 is 2.37 bits per heavy atom. The number of hydrogen-bond donors (Lipinski definition) is 0. The van der Waals surface area contributed by atoms with Gasteiger partial charge in [0.1, 0.15) is 17.3 Å². The maximum Gasteiger partial charge on any atom is 0.223 e. The van der Waals surface area contributed by atoms with Crippen molar-refractivity contribution in [2.45, 2.75) is 19.4 Å². The Kier molecular flexibility index (Phi) is 6.50. The first-order chi connectivity index (χ1) is 14.7. The van der Waals surface area contributed by atoms with E-state index in [1.54, 1.807) is 7.11 Å². The second kappa shape index (κ2) is 9.63. The van der Waals surface area contributed by atoms with E-state index in [9.17, 15) is 4.79 Å². The molecule has 1 amide bonds. The molecule has 30 heavy (non-hydrogen) atoms. The molecule has 0 radical (unpaired) electrons. The molecule has 0 atom stereocenters. The lowest BCUT2D eigenvalue weighted by atomic mass is 10.1. The summed E-state index contributed by atoms with van der Waals surface area (Å²) in [5.41, 5.74) is 2.32. The van der Waals surface area contributed by atoms with Gasteiger partial charge in [-0.05, 0) is 29.8 Å². The Labute approximate surface area is 177 Å². The predicted molar refractivity (Wildman–Crippen MR) is 117 cm³/mol. The van der Waals surface area contributed by atoms with Crippen molar-refractivity contribution in [1.82, 2.24) is 9.80 Å². The number of carbonyl (C=O) groups excluding carboxylic acids is 1. The van der Waals surface area contributed by atoms with Crippen LogP contribution < -0.4 is 4.74 Å². The Morgan fingerprint density at radius 2 is 1.67 bits per heavy atom. The molecule has 1 aromatic heterocycles. The van der Waals surface area contributed by atoms with Gasteiger partial charge >= 0.3 is 0 Å². The first kappa shape index (κ1) is 20.2. The third-order valence-electron chi connectivity index (χ3n) is 5.60. The summed E-state index contributed by atoms with van der Waals surface area (Å²) in [4.78, 5) is 17.0. The van der Waals surface area contributed by atoms with Gasteiger partial charge in [-0.15, -0.1) is 0 Å². The van der Waals surface area contributed by atoms with Crippen LogP contribution in [0.3, 0.4) is 0 Å². The second-order valence-electron chi connectivity index (χ2n) is 7.64. The molecule has 5 nitrogen and oxygen atoms in total. The highest BCUT2D eigenvalue weighted by Gasteiger charge is 2.21. The summed E-state index contributed by atoms with van der Waals surface area (Å²) in [6.07, 6.45) is 1.12. The van der Waals surface area contributed by atoms with E-state index in [0.29, 0.717) is 12.8 Å². The summed E-state index contributed by atoms with van der Waals surface area (Å²) in [7, 11) is 1.68. The number of nitrogens with zero attached hydrogens (tertiary/aromatic N) is 2. The molecule has 156 valence electrons. The highest BCUT2D eigenvalue weighted by Crippen LogP contribution is 2.22. The highest BCUT2D eigenvalue weighted by molar-refractivity contribution is 5.76. The molecular formula is C25H28N2O3. The first-order valence-corrected chi connectivity index (χ1v) is 10.5. The van der Waals surface area contributed by atoms with Gasteiger partial charge in [0.25, 0.3) is 0 Å². The van der Waals surface area contributed by atoms with Crippen LogP contribution in [0.1, 0.15) is 17.7 Å². The van der Waals surface area contributed by atoms with Crippen LogP contribution in [0.15, 0.2) is 71.1 Å². The normalized spacial score (nSPS) is 14.6. The van der Waals surface area contributed by atoms with Gasteiger partial charge in [-0.2, -0.15) is 0 Å². The zero-order valence-electron chi connectivity index (χ0n) is 17.4. The van der Waals surface area contributed by atoms with E-state index in [-0.39, 0.29) is 5.91 Å². The Bertz CT molecular complexity index is 942. The highest BCUT2D eigenvalue weighted by atomic mass is 16.5. The monoisotopic (exact) mass is 404 g/mol. The van der Waals surface area contributed by atoms with Crippen LogP contribution in [0.5, 0.6) is 5.75 Å². The van der Waals surface area contributed by atoms with Crippen LogP contribution in [0.2, 0.25) is 0 Å². The minimum absolute atomic E-state index is 0.205. The zero-order chi connectivity index (χ0) is 20.8. The van der Waals surface area contributed by atoms with Crippen molar-refractivity contribution in [2.75, 3.05) is 33.3 Å². The third kappa shape index (κ3) is 5.10. The molecule has 0 spiro atoms. The van der Waals surface area contributed by atoms with Crippen molar-refractivity contribution in [3.05, 3.63) is 78.1 Å². The standard InChI is InChI=1S/C25H28N2O3/c1-29-22-9-7-20(8-10-22)19-26-15-17-27(18-16-26)25(28)14-12-23-11-13-24(30-23)21-5-3-2-4-6-21/h2-11,13H,12,14-19H2,1H3. The molecule has 2 aromatic carbocycles. The second-order valence-corrected chi connectivity index (χ2v) is 7.64. The number of hydrogen-bond acceptors (Lipinski definition) is 4. The van der Waals surface area contributed by atoms with Crippen LogP contribution in [0, 0.1) is 0 Å². The maximum absolute atomic E-state index is 12.6. The van der Waals surface area contributed by atoms with Gasteiger partial charge in [-0.3, -0.25) is 9.69 Å². The summed E-state index contributed by atoms with van der Waals surface area (Å²) in [5, 5.41) is 0. The van der Waals surface area contributed by atoms with Crippen LogP contribution in [0.25, 0.3) is 11.3 Å². The molecule has 1 saturated heterocycles. The molecule has 4 rings (SSSR count).